The first-order chi connectivity index (χ1) is 17.4. The molecule has 1 aromatic heterocycles. The molecular formula is C26H28F2N6O2. The molecular weight excluding hydrogens is 466 g/mol. The standard InChI is InChI=1S/C26H28F2N6O2/c1-3-4-16-9-22(30-13-16)31-23-11-24(34-5-6-35-17(12-29)14-34)33-26(32-23)36-21-10-20(27)18-7-15(2)8-19(18)25(21)28/h3-4,8-11,17H,5-7,12-14,29H2,1-2H3,(H,30,31,32,33)/b4-3+. The molecule has 0 bridgehead atoms. The molecule has 0 spiro atoms. The van der Waals surface area contributed by atoms with Crippen molar-refractivity contribution in [3.05, 3.63) is 64.3 Å². The van der Waals surface area contributed by atoms with Gasteiger partial charge in [-0.1, -0.05) is 23.8 Å². The quantitative estimate of drug-likeness (QED) is 0.627. The summed E-state index contributed by atoms with van der Waals surface area (Å²) in [5.41, 5.74) is 8.29. The van der Waals surface area contributed by atoms with Gasteiger partial charge in [0.15, 0.2) is 11.6 Å². The number of aliphatic imine (C=N–C) groups is 1. The molecule has 0 saturated carbocycles. The van der Waals surface area contributed by atoms with Crippen LogP contribution in [0.2, 0.25) is 0 Å². The fourth-order valence-corrected chi connectivity index (χ4v) is 4.46. The molecule has 1 fully saturated rings. The van der Waals surface area contributed by atoms with Crippen LogP contribution < -0.4 is 20.7 Å². The van der Waals surface area contributed by atoms with Crippen LogP contribution in [0.25, 0.3) is 6.08 Å². The van der Waals surface area contributed by atoms with E-state index in [1.807, 2.05) is 37.0 Å². The molecule has 3 heterocycles. The number of nitrogens with two attached hydrogens (primary N) is 1. The average Bonchev–Trinajstić information content (AvgIpc) is 3.49. The number of morpholine rings is 1. The minimum absolute atomic E-state index is 0.112. The van der Waals surface area contributed by atoms with E-state index < -0.39 is 11.6 Å². The highest BCUT2D eigenvalue weighted by Crippen LogP contribution is 2.36. The maximum atomic E-state index is 15.2. The molecule has 1 atom stereocenters. The van der Waals surface area contributed by atoms with Gasteiger partial charge in [0.05, 0.1) is 19.3 Å². The second-order valence-corrected chi connectivity index (χ2v) is 8.95. The molecule has 10 heteroatoms. The number of hydrogen-bond donors (Lipinski definition) is 2. The summed E-state index contributed by atoms with van der Waals surface area (Å²) in [4.78, 5) is 15.4. The number of anilines is 2. The molecule has 1 aromatic carbocycles. The smallest absolute Gasteiger partial charge is 0.326 e. The monoisotopic (exact) mass is 494 g/mol. The van der Waals surface area contributed by atoms with Gasteiger partial charge in [0.2, 0.25) is 0 Å². The number of rotatable bonds is 6. The van der Waals surface area contributed by atoms with Gasteiger partial charge < -0.3 is 25.4 Å². The van der Waals surface area contributed by atoms with E-state index in [0.717, 1.165) is 17.2 Å². The van der Waals surface area contributed by atoms with Crippen LogP contribution in [0.4, 0.5) is 20.4 Å². The first-order valence-electron chi connectivity index (χ1n) is 11.9. The van der Waals surface area contributed by atoms with Crippen molar-refractivity contribution >= 4 is 23.5 Å². The van der Waals surface area contributed by atoms with Crippen molar-refractivity contribution in [2.45, 2.75) is 26.4 Å². The van der Waals surface area contributed by atoms with Crippen LogP contribution in [0, 0.1) is 11.6 Å². The van der Waals surface area contributed by atoms with Crippen LogP contribution in [0.3, 0.4) is 0 Å². The number of halogens is 2. The average molecular weight is 495 g/mol. The topological polar surface area (TPSA) is 97.9 Å². The molecule has 5 rings (SSSR count). The number of amidine groups is 1. The lowest BCUT2D eigenvalue weighted by Gasteiger charge is -2.33. The lowest BCUT2D eigenvalue weighted by atomic mass is 10.1. The van der Waals surface area contributed by atoms with E-state index >= 15 is 4.39 Å². The maximum absolute atomic E-state index is 15.2. The zero-order chi connectivity index (χ0) is 25.2. The van der Waals surface area contributed by atoms with Gasteiger partial charge >= 0.3 is 6.01 Å². The van der Waals surface area contributed by atoms with E-state index in [4.69, 9.17) is 15.2 Å². The lowest BCUT2D eigenvalue weighted by Crippen LogP contribution is -2.46. The molecule has 1 unspecified atom stereocenters. The van der Waals surface area contributed by atoms with E-state index in [-0.39, 0.29) is 23.4 Å². The number of aromatic nitrogens is 2. The fraction of sp³-hybridized carbons (Fsp3) is 0.346. The summed E-state index contributed by atoms with van der Waals surface area (Å²) in [5.74, 6) is 0.176. The number of benzene rings is 1. The molecule has 3 aliphatic rings. The van der Waals surface area contributed by atoms with Crippen LogP contribution in [0.15, 0.2) is 46.5 Å². The SMILES string of the molecule is C/C=C/C1=CC(Nc2cc(N3CCOC(CN)C3)nc(Oc3cc(F)c4c(c3F)C=C(C)C4)n2)=NC1. The Bertz CT molecular complexity index is 1300. The minimum atomic E-state index is -0.638. The summed E-state index contributed by atoms with van der Waals surface area (Å²) in [6.07, 6.45) is 7.73. The van der Waals surface area contributed by atoms with Crippen molar-refractivity contribution in [2.75, 3.05) is 43.0 Å². The Balaban J connectivity index is 1.48. The molecule has 188 valence electrons. The number of fused-ring (bicyclic) bond motifs is 1. The van der Waals surface area contributed by atoms with E-state index in [1.54, 1.807) is 12.1 Å². The second-order valence-electron chi connectivity index (χ2n) is 8.95. The van der Waals surface area contributed by atoms with Crippen molar-refractivity contribution in [1.29, 1.82) is 0 Å². The number of hydrogen-bond acceptors (Lipinski definition) is 8. The Labute approximate surface area is 208 Å². The number of ether oxygens (including phenoxy) is 2. The Kier molecular flexibility index (Phi) is 6.80. The van der Waals surface area contributed by atoms with Gasteiger partial charge in [-0.15, -0.1) is 0 Å². The summed E-state index contributed by atoms with van der Waals surface area (Å²) in [7, 11) is 0. The first kappa shape index (κ1) is 24.1. The van der Waals surface area contributed by atoms with Crippen LogP contribution in [0.5, 0.6) is 11.8 Å². The summed E-state index contributed by atoms with van der Waals surface area (Å²) >= 11 is 0. The Morgan fingerprint density at radius 2 is 2.14 bits per heavy atom. The Morgan fingerprint density at radius 3 is 2.94 bits per heavy atom. The van der Waals surface area contributed by atoms with Crippen LogP contribution >= 0.6 is 0 Å². The van der Waals surface area contributed by atoms with Gasteiger partial charge in [0.1, 0.15) is 23.3 Å². The third-order valence-electron chi connectivity index (χ3n) is 6.18. The van der Waals surface area contributed by atoms with Crippen molar-refractivity contribution in [3.8, 4) is 11.8 Å². The summed E-state index contributed by atoms with van der Waals surface area (Å²) < 4.78 is 41.4. The molecule has 0 amide bonds. The molecule has 8 nitrogen and oxygen atoms in total. The number of allylic oxidation sites excluding steroid dienone is 2. The van der Waals surface area contributed by atoms with Gasteiger partial charge in [0, 0.05) is 42.9 Å². The summed E-state index contributed by atoms with van der Waals surface area (Å²) in [6, 6.07) is 2.71. The van der Waals surface area contributed by atoms with Crippen LogP contribution in [-0.2, 0) is 11.2 Å². The Morgan fingerprint density at radius 1 is 1.28 bits per heavy atom. The van der Waals surface area contributed by atoms with E-state index in [9.17, 15) is 4.39 Å². The molecule has 2 aromatic rings. The lowest BCUT2D eigenvalue weighted by molar-refractivity contribution is 0.0462. The largest absolute Gasteiger partial charge is 0.421 e. The van der Waals surface area contributed by atoms with E-state index in [0.29, 0.717) is 62.2 Å². The van der Waals surface area contributed by atoms with Gasteiger partial charge in [0.25, 0.3) is 0 Å². The van der Waals surface area contributed by atoms with Crippen LogP contribution in [0.1, 0.15) is 25.0 Å². The predicted octanol–water partition coefficient (Wildman–Crippen LogP) is 4.00. The third kappa shape index (κ3) is 5.00. The van der Waals surface area contributed by atoms with Gasteiger partial charge in [-0.3, -0.25) is 4.99 Å². The molecule has 3 N–H and O–H groups in total. The van der Waals surface area contributed by atoms with Crippen molar-refractivity contribution in [1.82, 2.24) is 9.97 Å². The highest BCUT2D eigenvalue weighted by Gasteiger charge is 2.25. The molecule has 1 saturated heterocycles. The Hall–Kier alpha value is -3.63. The van der Waals surface area contributed by atoms with E-state index in [1.165, 1.54) is 0 Å². The predicted molar refractivity (Wildman–Crippen MR) is 136 cm³/mol. The van der Waals surface area contributed by atoms with Gasteiger partial charge in [-0.25, -0.2) is 8.78 Å². The van der Waals surface area contributed by atoms with Crippen LogP contribution in [-0.4, -0.2) is 54.7 Å². The minimum Gasteiger partial charge on any atom is -0.421 e. The van der Waals surface area contributed by atoms with Crippen molar-refractivity contribution in [2.24, 2.45) is 10.7 Å². The number of nitrogens with zero attached hydrogens (tertiary/aromatic N) is 4. The zero-order valence-electron chi connectivity index (χ0n) is 20.2. The highest BCUT2D eigenvalue weighted by atomic mass is 19.1. The molecule has 2 aliphatic heterocycles. The normalized spacial score (nSPS) is 19.3. The first-order valence-corrected chi connectivity index (χ1v) is 11.9. The van der Waals surface area contributed by atoms with E-state index in [2.05, 4.69) is 20.3 Å². The summed E-state index contributed by atoms with van der Waals surface area (Å²) in [5, 5.41) is 3.18. The van der Waals surface area contributed by atoms with Gasteiger partial charge in [-0.2, -0.15) is 9.97 Å². The molecule has 0 radical (unpaired) electrons. The molecule has 36 heavy (non-hydrogen) atoms. The highest BCUT2D eigenvalue weighted by molar-refractivity contribution is 6.05. The second kappa shape index (κ2) is 10.2. The maximum Gasteiger partial charge on any atom is 0.326 e. The number of nitrogens with one attached hydrogen (secondary N) is 1. The molecule has 1 aliphatic carbocycles. The van der Waals surface area contributed by atoms with Crippen molar-refractivity contribution in [3.63, 3.8) is 0 Å². The third-order valence-corrected chi connectivity index (χ3v) is 6.18. The van der Waals surface area contributed by atoms with Gasteiger partial charge in [-0.05, 0) is 31.9 Å². The van der Waals surface area contributed by atoms with Crippen molar-refractivity contribution < 1.29 is 18.3 Å². The zero-order valence-corrected chi connectivity index (χ0v) is 20.2. The summed E-state index contributed by atoms with van der Waals surface area (Å²) in [6.45, 7) is 6.32. The fourth-order valence-electron chi connectivity index (χ4n) is 4.46.